The van der Waals surface area contributed by atoms with Gasteiger partial charge in [-0.1, -0.05) is 12.1 Å². The van der Waals surface area contributed by atoms with Gasteiger partial charge in [-0.3, -0.25) is 4.79 Å². The van der Waals surface area contributed by atoms with Crippen molar-refractivity contribution in [1.82, 2.24) is 4.90 Å². The Morgan fingerprint density at radius 2 is 1.65 bits per heavy atom. The third-order valence-corrected chi connectivity index (χ3v) is 4.03. The van der Waals surface area contributed by atoms with Gasteiger partial charge in [0.1, 0.15) is 5.82 Å². The molecule has 0 N–H and O–H groups in total. The summed E-state index contributed by atoms with van der Waals surface area (Å²) >= 11 is 0. The fraction of sp³-hybridized carbons (Fsp3) is 0.222. The second kappa shape index (κ2) is 6.49. The van der Waals surface area contributed by atoms with Gasteiger partial charge < -0.3 is 9.80 Å². The van der Waals surface area contributed by atoms with E-state index in [1.165, 1.54) is 12.1 Å². The van der Waals surface area contributed by atoms with Crippen molar-refractivity contribution >= 4 is 11.6 Å². The van der Waals surface area contributed by atoms with Gasteiger partial charge in [-0.15, -0.1) is 0 Å². The van der Waals surface area contributed by atoms with Gasteiger partial charge in [-0.2, -0.15) is 5.26 Å². The number of carbonyl (C=O) groups is 1. The molecule has 5 heteroatoms. The number of nitriles is 1. The minimum Gasteiger partial charge on any atom is -0.368 e. The molecule has 1 aliphatic rings. The Labute approximate surface area is 134 Å². The number of hydrogen-bond acceptors (Lipinski definition) is 3. The zero-order chi connectivity index (χ0) is 16.2. The molecular weight excluding hydrogens is 293 g/mol. The van der Waals surface area contributed by atoms with E-state index in [0.29, 0.717) is 31.7 Å². The second-order valence-electron chi connectivity index (χ2n) is 5.42. The van der Waals surface area contributed by atoms with Crippen LogP contribution in [0.25, 0.3) is 0 Å². The zero-order valence-corrected chi connectivity index (χ0v) is 12.6. The molecule has 0 aromatic heterocycles. The highest BCUT2D eigenvalue weighted by Crippen LogP contribution is 2.18. The van der Waals surface area contributed by atoms with E-state index in [-0.39, 0.29) is 11.5 Å². The van der Waals surface area contributed by atoms with E-state index in [1.807, 2.05) is 12.1 Å². The maximum absolute atomic E-state index is 13.7. The summed E-state index contributed by atoms with van der Waals surface area (Å²) in [6.45, 7) is 2.47. The van der Waals surface area contributed by atoms with Gasteiger partial charge in [0.15, 0.2) is 0 Å². The first-order valence-electron chi connectivity index (χ1n) is 7.48. The van der Waals surface area contributed by atoms with Crippen molar-refractivity contribution in [2.45, 2.75) is 0 Å². The molecule has 3 rings (SSSR count). The monoisotopic (exact) mass is 309 g/mol. The lowest BCUT2D eigenvalue weighted by Crippen LogP contribution is -2.49. The summed E-state index contributed by atoms with van der Waals surface area (Å²) in [4.78, 5) is 16.2. The van der Waals surface area contributed by atoms with E-state index in [1.54, 1.807) is 29.2 Å². The van der Waals surface area contributed by atoms with E-state index < -0.39 is 5.82 Å². The molecule has 0 unspecified atom stereocenters. The van der Waals surface area contributed by atoms with Crippen LogP contribution in [0.4, 0.5) is 10.1 Å². The molecule has 1 amide bonds. The predicted octanol–water partition coefficient (Wildman–Crippen LogP) is 2.66. The number of rotatable bonds is 2. The van der Waals surface area contributed by atoms with Crippen LogP contribution in [-0.2, 0) is 0 Å². The summed E-state index contributed by atoms with van der Waals surface area (Å²) in [6.07, 6.45) is 0. The quantitative estimate of drug-likeness (QED) is 0.857. The van der Waals surface area contributed by atoms with Gasteiger partial charge in [0.2, 0.25) is 0 Å². The van der Waals surface area contributed by atoms with Crippen LogP contribution in [0.5, 0.6) is 0 Å². The molecule has 116 valence electrons. The van der Waals surface area contributed by atoms with Crippen molar-refractivity contribution in [2.75, 3.05) is 31.1 Å². The summed E-state index contributed by atoms with van der Waals surface area (Å²) in [5.74, 6) is -0.741. The molecule has 1 heterocycles. The van der Waals surface area contributed by atoms with Crippen LogP contribution in [0.3, 0.4) is 0 Å². The fourth-order valence-corrected chi connectivity index (χ4v) is 2.72. The van der Waals surface area contributed by atoms with Crippen molar-refractivity contribution in [3.63, 3.8) is 0 Å². The van der Waals surface area contributed by atoms with Crippen LogP contribution in [0.2, 0.25) is 0 Å². The van der Waals surface area contributed by atoms with E-state index in [2.05, 4.69) is 11.0 Å². The molecule has 23 heavy (non-hydrogen) atoms. The van der Waals surface area contributed by atoms with E-state index in [9.17, 15) is 9.18 Å². The highest BCUT2D eigenvalue weighted by Gasteiger charge is 2.23. The zero-order valence-electron chi connectivity index (χ0n) is 12.6. The smallest absolute Gasteiger partial charge is 0.256 e. The molecule has 4 nitrogen and oxygen atoms in total. The topological polar surface area (TPSA) is 47.3 Å². The highest BCUT2D eigenvalue weighted by atomic mass is 19.1. The van der Waals surface area contributed by atoms with Crippen molar-refractivity contribution in [2.24, 2.45) is 0 Å². The van der Waals surface area contributed by atoms with E-state index in [0.717, 1.165) is 5.69 Å². The molecule has 0 aliphatic carbocycles. The fourth-order valence-electron chi connectivity index (χ4n) is 2.72. The van der Waals surface area contributed by atoms with Gasteiger partial charge in [-0.25, -0.2) is 4.39 Å². The Kier molecular flexibility index (Phi) is 4.24. The molecule has 0 radical (unpaired) electrons. The SMILES string of the molecule is N#Cc1ccc(N2CCN(C(=O)c3ccccc3F)CC2)cc1. The Balaban J connectivity index is 1.65. The van der Waals surface area contributed by atoms with Crippen molar-refractivity contribution in [1.29, 1.82) is 5.26 Å². The number of carbonyl (C=O) groups excluding carboxylic acids is 1. The average Bonchev–Trinajstić information content (AvgIpc) is 2.62. The van der Waals surface area contributed by atoms with E-state index >= 15 is 0 Å². The molecule has 1 saturated heterocycles. The molecule has 1 fully saturated rings. The minimum absolute atomic E-state index is 0.124. The number of amides is 1. The van der Waals surface area contributed by atoms with Crippen LogP contribution in [0.1, 0.15) is 15.9 Å². The number of halogens is 1. The number of piperazine rings is 1. The van der Waals surface area contributed by atoms with Crippen LogP contribution in [0, 0.1) is 17.1 Å². The van der Waals surface area contributed by atoms with Crippen LogP contribution >= 0.6 is 0 Å². The number of nitrogens with zero attached hydrogens (tertiary/aromatic N) is 3. The maximum atomic E-state index is 13.7. The van der Waals surface area contributed by atoms with Crippen molar-refractivity contribution in [3.05, 3.63) is 65.5 Å². The third kappa shape index (κ3) is 3.16. The van der Waals surface area contributed by atoms with Crippen LogP contribution < -0.4 is 4.90 Å². The van der Waals surface area contributed by atoms with Crippen LogP contribution in [0.15, 0.2) is 48.5 Å². The molecule has 1 aliphatic heterocycles. The predicted molar refractivity (Wildman–Crippen MR) is 85.7 cm³/mol. The first-order valence-corrected chi connectivity index (χ1v) is 7.48. The average molecular weight is 309 g/mol. The Morgan fingerprint density at radius 3 is 2.26 bits per heavy atom. The lowest BCUT2D eigenvalue weighted by Gasteiger charge is -2.36. The van der Waals surface area contributed by atoms with Gasteiger partial charge in [-0.05, 0) is 36.4 Å². The van der Waals surface area contributed by atoms with Gasteiger partial charge in [0, 0.05) is 31.9 Å². The summed E-state index contributed by atoms with van der Waals surface area (Å²) in [5, 5.41) is 8.83. The molecule has 0 saturated carbocycles. The molecule has 0 spiro atoms. The summed E-state index contributed by atoms with van der Waals surface area (Å²) in [7, 11) is 0. The molecule has 2 aromatic carbocycles. The summed E-state index contributed by atoms with van der Waals surface area (Å²) in [6, 6.07) is 15.6. The van der Waals surface area contributed by atoms with Gasteiger partial charge in [0.25, 0.3) is 5.91 Å². The molecule has 0 bridgehead atoms. The summed E-state index contributed by atoms with van der Waals surface area (Å²) in [5.41, 5.74) is 1.78. The largest absolute Gasteiger partial charge is 0.368 e. The van der Waals surface area contributed by atoms with Crippen molar-refractivity contribution in [3.8, 4) is 6.07 Å². The molecule has 0 atom stereocenters. The third-order valence-electron chi connectivity index (χ3n) is 4.03. The maximum Gasteiger partial charge on any atom is 0.256 e. The Bertz CT molecular complexity index is 744. The van der Waals surface area contributed by atoms with Gasteiger partial charge >= 0.3 is 0 Å². The standard InChI is InChI=1S/C18H16FN3O/c19-17-4-2-1-3-16(17)18(23)22-11-9-21(10-12-22)15-7-5-14(13-20)6-8-15/h1-8H,9-12H2. The highest BCUT2D eigenvalue weighted by molar-refractivity contribution is 5.94. The molecule has 2 aromatic rings. The van der Waals surface area contributed by atoms with Crippen LogP contribution in [-0.4, -0.2) is 37.0 Å². The van der Waals surface area contributed by atoms with Gasteiger partial charge in [0.05, 0.1) is 17.2 Å². The first kappa shape index (κ1) is 15.0. The number of anilines is 1. The normalized spacial score (nSPS) is 14.4. The Morgan fingerprint density at radius 1 is 1.00 bits per heavy atom. The second-order valence-corrected chi connectivity index (χ2v) is 5.42. The lowest BCUT2D eigenvalue weighted by atomic mass is 10.1. The van der Waals surface area contributed by atoms with E-state index in [4.69, 9.17) is 5.26 Å². The van der Waals surface area contributed by atoms with Crippen molar-refractivity contribution < 1.29 is 9.18 Å². The number of hydrogen-bond donors (Lipinski definition) is 0. The number of benzene rings is 2. The molecular formula is C18H16FN3O. The summed E-state index contributed by atoms with van der Waals surface area (Å²) < 4.78 is 13.7. The lowest BCUT2D eigenvalue weighted by molar-refractivity contribution is 0.0742. The first-order chi connectivity index (χ1) is 11.2. The Hall–Kier alpha value is -2.87. The minimum atomic E-state index is -0.480.